The molecule has 4 rings (SSSR count). The van der Waals surface area contributed by atoms with Gasteiger partial charge < -0.3 is 15.5 Å². The number of benzene rings is 2. The summed E-state index contributed by atoms with van der Waals surface area (Å²) >= 11 is 1.45. The first-order valence-corrected chi connectivity index (χ1v) is 11.7. The number of carbonyl (C=O) groups excluding carboxylic acids is 3. The Morgan fingerprint density at radius 1 is 1.09 bits per heavy atom. The van der Waals surface area contributed by atoms with Gasteiger partial charge in [-0.1, -0.05) is 48.5 Å². The molecule has 0 spiro atoms. The predicted molar refractivity (Wildman–Crippen MR) is 127 cm³/mol. The van der Waals surface area contributed by atoms with E-state index in [9.17, 15) is 14.4 Å². The highest BCUT2D eigenvalue weighted by atomic mass is 32.2. The molecule has 1 saturated heterocycles. The van der Waals surface area contributed by atoms with E-state index in [1.54, 1.807) is 11.1 Å². The van der Waals surface area contributed by atoms with Crippen LogP contribution in [0.25, 0.3) is 0 Å². The van der Waals surface area contributed by atoms with Gasteiger partial charge in [0, 0.05) is 30.6 Å². The summed E-state index contributed by atoms with van der Waals surface area (Å²) in [5, 5.41) is 9.85. The molecular formula is C24H25N5O3S. The van der Waals surface area contributed by atoms with E-state index in [1.807, 2.05) is 60.7 Å². The number of nitrogens with zero attached hydrogens (tertiary/aromatic N) is 3. The third-order valence-electron chi connectivity index (χ3n) is 5.25. The maximum Gasteiger partial charge on any atom is 0.245 e. The Morgan fingerprint density at radius 3 is 2.58 bits per heavy atom. The summed E-state index contributed by atoms with van der Waals surface area (Å²) in [6.45, 7) is 0.867. The fourth-order valence-corrected chi connectivity index (χ4v) is 4.38. The van der Waals surface area contributed by atoms with Crippen molar-refractivity contribution in [1.29, 1.82) is 0 Å². The average molecular weight is 464 g/mol. The smallest absolute Gasteiger partial charge is 0.245 e. The largest absolute Gasteiger partial charge is 0.353 e. The lowest BCUT2D eigenvalue weighted by atomic mass is 10.0. The molecule has 170 valence electrons. The van der Waals surface area contributed by atoms with Gasteiger partial charge in [-0.15, -0.1) is 11.8 Å². The monoisotopic (exact) mass is 463 g/mol. The van der Waals surface area contributed by atoms with Crippen molar-refractivity contribution in [2.45, 2.75) is 23.9 Å². The number of thioether (sulfide) groups is 1. The van der Waals surface area contributed by atoms with Crippen LogP contribution >= 0.6 is 11.8 Å². The van der Waals surface area contributed by atoms with Crippen molar-refractivity contribution in [3.8, 4) is 0 Å². The Bertz CT molecular complexity index is 1100. The van der Waals surface area contributed by atoms with E-state index >= 15 is 0 Å². The summed E-state index contributed by atoms with van der Waals surface area (Å²) in [7, 11) is 0. The molecule has 8 nitrogen and oxygen atoms in total. The van der Waals surface area contributed by atoms with Gasteiger partial charge in [-0.2, -0.15) is 5.10 Å². The normalized spacial score (nSPS) is 15.7. The molecule has 3 amide bonds. The van der Waals surface area contributed by atoms with E-state index in [2.05, 4.69) is 15.7 Å². The molecule has 0 aliphatic carbocycles. The first-order valence-electron chi connectivity index (χ1n) is 10.7. The Morgan fingerprint density at radius 2 is 1.82 bits per heavy atom. The number of hydrogen-bond acceptors (Lipinski definition) is 5. The van der Waals surface area contributed by atoms with Crippen molar-refractivity contribution in [1.82, 2.24) is 20.0 Å². The van der Waals surface area contributed by atoms with Gasteiger partial charge in [0.1, 0.15) is 12.6 Å². The number of hydrogen-bond donors (Lipinski definition) is 2. The van der Waals surface area contributed by atoms with Gasteiger partial charge in [0.05, 0.1) is 17.6 Å². The predicted octanol–water partition coefficient (Wildman–Crippen LogP) is 2.18. The highest BCUT2D eigenvalue weighted by Crippen LogP contribution is 2.18. The Hall–Kier alpha value is -3.59. The van der Waals surface area contributed by atoms with Gasteiger partial charge >= 0.3 is 0 Å². The molecule has 1 atom stereocenters. The molecule has 1 aliphatic heterocycles. The van der Waals surface area contributed by atoms with E-state index < -0.39 is 6.04 Å². The molecule has 1 aromatic heterocycles. The van der Waals surface area contributed by atoms with E-state index in [4.69, 9.17) is 0 Å². The van der Waals surface area contributed by atoms with E-state index in [-0.39, 0.29) is 30.0 Å². The molecular weight excluding hydrogens is 438 g/mol. The standard InChI is InChI=1S/C24H25N5O3S/c30-22(17-33-20-9-5-2-6-10-20)27-19-14-26-28(15-19)16-23(31)29-12-11-25-24(32)21(29)13-18-7-3-1-4-8-18/h1-10,14-15,21H,11-13,16-17H2,(H,25,32)(H,27,30)/t21-/m1/s1. The van der Waals surface area contributed by atoms with Crippen LogP contribution in [0.5, 0.6) is 0 Å². The Kier molecular flexibility index (Phi) is 7.41. The van der Waals surface area contributed by atoms with E-state index in [0.29, 0.717) is 25.2 Å². The molecule has 0 unspecified atom stereocenters. The topological polar surface area (TPSA) is 96.3 Å². The number of piperazine rings is 1. The summed E-state index contributed by atoms with van der Waals surface area (Å²) in [5.41, 5.74) is 1.52. The molecule has 2 heterocycles. The van der Waals surface area contributed by atoms with Crippen molar-refractivity contribution in [2.24, 2.45) is 0 Å². The van der Waals surface area contributed by atoms with Gasteiger partial charge in [-0.3, -0.25) is 19.1 Å². The van der Waals surface area contributed by atoms with Crippen molar-refractivity contribution in [2.75, 3.05) is 24.2 Å². The molecule has 0 bridgehead atoms. The van der Waals surface area contributed by atoms with Crippen LogP contribution in [0, 0.1) is 0 Å². The average Bonchev–Trinajstić information content (AvgIpc) is 3.26. The van der Waals surface area contributed by atoms with Crippen LogP contribution in [-0.4, -0.2) is 57.3 Å². The van der Waals surface area contributed by atoms with Crippen LogP contribution in [0.2, 0.25) is 0 Å². The maximum atomic E-state index is 13.0. The summed E-state index contributed by atoms with van der Waals surface area (Å²) in [6, 6.07) is 18.8. The molecule has 0 radical (unpaired) electrons. The van der Waals surface area contributed by atoms with E-state index in [0.717, 1.165) is 10.5 Å². The molecule has 33 heavy (non-hydrogen) atoms. The fourth-order valence-electron chi connectivity index (χ4n) is 3.66. The highest BCUT2D eigenvalue weighted by Gasteiger charge is 2.33. The van der Waals surface area contributed by atoms with Crippen LogP contribution in [0.15, 0.2) is 78.0 Å². The van der Waals surface area contributed by atoms with E-state index in [1.165, 1.54) is 22.6 Å². The van der Waals surface area contributed by atoms with Crippen molar-refractivity contribution >= 4 is 35.2 Å². The van der Waals surface area contributed by atoms with Gasteiger partial charge in [0.2, 0.25) is 17.7 Å². The fraction of sp³-hybridized carbons (Fsp3) is 0.250. The maximum absolute atomic E-state index is 13.0. The van der Waals surface area contributed by atoms with Crippen LogP contribution < -0.4 is 10.6 Å². The molecule has 2 aromatic carbocycles. The van der Waals surface area contributed by atoms with Crippen molar-refractivity contribution in [3.63, 3.8) is 0 Å². The Labute approximate surface area is 196 Å². The van der Waals surface area contributed by atoms with Gasteiger partial charge in [0.25, 0.3) is 0 Å². The zero-order chi connectivity index (χ0) is 23.0. The number of aromatic nitrogens is 2. The first-order chi connectivity index (χ1) is 16.1. The molecule has 2 N–H and O–H groups in total. The second kappa shape index (κ2) is 10.8. The van der Waals surface area contributed by atoms with Gasteiger partial charge in [0.15, 0.2) is 0 Å². The quantitative estimate of drug-likeness (QED) is 0.499. The van der Waals surface area contributed by atoms with Crippen LogP contribution in [0.3, 0.4) is 0 Å². The molecule has 1 fully saturated rings. The van der Waals surface area contributed by atoms with Crippen molar-refractivity contribution in [3.05, 3.63) is 78.6 Å². The second-order valence-corrected chi connectivity index (χ2v) is 8.71. The number of carbonyl (C=O) groups is 3. The van der Waals surface area contributed by atoms with Gasteiger partial charge in [-0.25, -0.2) is 0 Å². The summed E-state index contributed by atoms with van der Waals surface area (Å²) in [6.07, 6.45) is 3.60. The number of rotatable bonds is 8. The molecule has 1 aliphatic rings. The third kappa shape index (κ3) is 6.23. The van der Waals surface area contributed by atoms with Crippen LogP contribution in [0.4, 0.5) is 5.69 Å². The molecule has 0 saturated carbocycles. The third-order valence-corrected chi connectivity index (χ3v) is 6.26. The van der Waals surface area contributed by atoms with Crippen LogP contribution in [0.1, 0.15) is 5.56 Å². The summed E-state index contributed by atoms with van der Waals surface area (Å²) in [5.74, 6) is -0.211. The number of nitrogens with one attached hydrogen (secondary N) is 2. The first kappa shape index (κ1) is 22.6. The summed E-state index contributed by atoms with van der Waals surface area (Å²) in [4.78, 5) is 40.3. The molecule has 3 aromatic rings. The lowest BCUT2D eigenvalue weighted by molar-refractivity contribution is -0.143. The zero-order valence-electron chi connectivity index (χ0n) is 18.0. The summed E-state index contributed by atoms with van der Waals surface area (Å²) < 4.78 is 1.48. The highest BCUT2D eigenvalue weighted by molar-refractivity contribution is 8.00. The van der Waals surface area contributed by atoms with Crippen LogP contribution in [-0.2, 0) is 27.3 Å². The molecule has 9 heteroatoms. The van der Waals surface area contributed by atoms with Crippen molar-refractivity contribution < 1.29 is 14.4 Å². The number of amides is 3. The number of anilines is 1. The minimum Gasteiger partial charge on any atom is -0.353 e. The SMILES string of the molecule is O=C(CSc1ccccc1)Nc1cnn(CC(=O)N2CCNC(=O)[C@H]2Cc2ccccc2)c1. The Balaban J connectivity index is 1.33. The minimum atomic E-state index is -0.557. The minimum absolute atomic E-state index is 0.00674. The zero-order valence-corrected chi connectivity index (χ0v) is 18.8. The van der Waals surface area contributed by atoms with Gasteiger partial charge in [-0.05, 0) is 17.7 Å². The lowest BCUT2D eigenvalue weighted by Crippen LogP contribution is -2.58. The lowest BCUT2D eigenvalue weighted by Gasteiger charge is -2.35. The second-order valence-electron chi connectivity index (χ2n) is 7.66.